The topological polar surface area (TPSA) is 86.5 Å². The monoisotopic (exact) mass is 275 g/mol. The number of hydrogen-bond acceptors (Lipinski definition) is 5. The van der Waals surface area contributed by atoms with Gasteiger partial charge in [-0.05, 0) is 18.6 Å². The molecule has 0 aliphatic rings. The van der Waals surface area contributed by atoms with E-state index in [0.717, 1.165) is 12.3 Å². The van der Waals surface area contributed by atoms with Crippen molar-refractivity contribution >= 4 is 21.5 Å². The normalized spacial score (nSPS) is 11.3. The molecule has 18 heavy (non-hydrogen) atoms. The van der Waals surface area contributed by atoms with Crippen LogP contribution >= 0.6 is 0 Å². The molecule has 0 saturated heterocycles. The smallest absolute Gasteiger partial charge is 0.343 e. The van der Waals surface area contributed by atoms with E-state index in [4.69, 9.17) is 10.5 Å². The van der Waals surface area contributed by atoms with Gasteiger partial charge in [0, 0.05) is 11.9 Å². The van der Waals surface area contributed by atoms with E-state index in [1.807, 2.05) is 0 Å². The van der Waals surface area contributed by atoms with Crippen molar-refractivity contribution < 1.29 is 22.3 Å². The van der Waals surface area contributed by atoms with E-state index in [1.54, 1.807) is 6.92 Å². The number of halogens is 1. The molecule has 0 aliphatic carbocycles. The predicted molar refractivity (Wildman–Crippen MR) is 64.5 cm³/mol. The molecule has 0 atom stereocenters. The van der Waals surface area contributed by atoms with E-state index >= 15 is 0 Å². The van der Waals surface area contributed by atoms with Gasteiger partial charge in [0.1, 0.15) is 10.5 Å². The first kappa shape index (κ1) is 14.4. The highest BCUT2D eigenvalue weighted by molar-refractivity contribution is 7.90. The third-order valence-electron chi connectivity index (χ3n) is 2.18. The Morgan fingerprint density at radius 1 is 1.44 bits per heavy atom. The highest BCUT2D eigenvalue weighted by Gasteiger charge is 2.24. The van der Waals surface area contributed by atoms with Crippen LogP contribution in [0.2, 0.25) is 0 Å². The van der Waals surface area contributed by atoms with E-state index in [1.165, 1.54) is 6.07 Å². The summed E-state index contributed by atoms with van der Waals surface area (Å²) in [6.45, 7) is 1.89. The Morgan fingerprint density at radius 3 is 2.56 bits per heavy atom. The highest BCUT2D eigenvalue weighted by atomic mass is 32.2. The first-order valence-electron chi connectivity index (χ1n) is 5.24. The Balaban J connectivity index is 3.31. The lowest BCUT2D eigenvalue weighted by Crippen LogP contribution is -2.14. The molecule has 0 radical (unpaired) electrons. The number of anilines is 1. The second kappa shape index (κ2) is 5.34. The van der Waals surface area contributed by atoms with Crippen molar-refractivity contribution in [2.75, 3.05) is 18.6 Å². The van der Waals surface area contributed by atoms with E-state index < -0.39 is 32.1 Å². The van der Waals surface area contributed by atoms with Crippen molar-refractivity contribution in [3.63, 3.8) is 0 Å². The number of nitrogen functional groups attached to an aromatic ring is 1. The van der Waals surface area contributed by atoms with Gasteiger partial charge < -0.3 is 10.5 Å². The van der Waals surface area contributed by atoms with Gasteiger partial charge in [0.2, 0.25) is 0 Å². The first-order valence-corrected chi connectivity index (χ1v) is 7.13. The predicted octanol–water partition coefficient (Wildman–Crippen LogP) is 1.38. The molecule has 0 saturated carbocycles. The van der Waals surface area contributed by atoms with Crippen molar-refractivity contribution in [2.45, 2.75) is 18.2 Å². The molecule has 0 unspecified atom stereocenters. The Kier molecular flexibility index (Phi) is 4.28. The summed E-state index contributed by atoms with van der Waals surface area (Å²) in [5.74, 6) is -2.13. The largest absolute Gasteiger partial charge is 0.462 e. The Bertz CT molecular complexity index is 569. The minimum atomic E-state index is -3.77. The van der Waals surface area contributed by atoms with Crippen LogP contribution in [0.25, 0.3) is 0 Å². The molecule has 1 rings (SSSR count). The lowest BCUT2D eigenvalue weighted by Gasteiger charge is -2.09. The van der Waals surface area contributed by atoms with Gasteiger partial charge in [0.25, 0.3) is 0 Å². The molecule has 1 aromatic rings. The fraction of sp³-hybridized carbons (Fsp3) is 0.364. The van der Waals surface area contributed by atoms with Crippen molar-refractivity contribution in [3.8, 4) is 0 Å². The SMILES string of the molecule is CCCOC(=O)c1c(N)ccc(S(C)(=O)=O)c1F. The van der Waals surface area contributed by atoms with Gasteiger partial charge in [-0.2, -0.15) is 0 Å². The fourth-order valence-corrected chi connectivity index (χ4v) is 2.08. The molecule has 5 nitrogen and oxygen atoms in total. The quantitative estimate of drug-likeness (QED) is 0.662. The van der Waals surface area contributed by atoms with Crippen molar-refractivity contribution in [1.82, 2.24) is 0 Å². The Morgan fingerprint density at radius 2 is 2.06 bits per heavy atom. The van der Waals surface area contributed by atoms with Gasteiger partial charge in [-0.25, -0.2) is 17.6 Å². The molecule has 0 amide bonds. The van der Waals surface area contributed by atoms with Gasteiger partial charge in [-0.3, -0.25) is 0 Å². The van der Waals surface area contributed by atoms with Crippen LogP contribution in [0.3, 0.4) is 0 Å². The van der Waals surface area contributed by atoms with Crippen LogP contribution in [0.5, 0.6) is 0 Å². The van der Waals surface area contributed by atoms with Crippen molar-refractivity contribution in [3.05, 3.63) is 23.5 Å². The zero-order chi connectivity index (χ0) is 13.9. The van der Waals surface area contributed by atoms with Crippen LogP contribution in [0.15, 0.2) is 17.0 Å². The Hall–Kier alpha value is -1.63. The summed E-state index contributed by atoms with van der Waals surface area (Å²) in [4.78, 5) is 11.0. The van der Waals surface area contributed by atoms with Gasteiger partial charge in [0.15, 0.2) is 15.7 Å². The van der Waals surface area contributed by atoms with E-state index in [0.29, 0.717) is 6.42 Å². The molecular formula is C11H14FNO4S. The highest BCUT2D eigenvalue weighted by Crippen LogP contribution is 2.24. The fourth-order valence-electron chi connectivity index (χ4n) is 1.33. The van der Waals surface area contributed by atoms with E-state index in [-0.39, 0.29) is 12.3 Å². The Labute approximate surface area is 105 Å². The second-order valence-electron chi connectivity index (χ2n) is 3.75. The number of carbonyl (C=O) groups is 1. The van der Waals surface area contributed by atoms with Crippen LogP contribution < -0.4 is 5.73 Å². The standard InChI is InChI=1S/C11H14FNO4S/c1-3-6-17-11(14)9-7(13)4-5-8(10(9)12)18(2,15)16/h4-5H,3,6,13H2,1-2H3. The number of hydrogen-bond donors (Lipinski definition) is 1. The summed E-state index contributed by atoms with van der Waals surface area (Å²) in [6.07, 6.45) is 1.42. The lowest BCUT2D eigenvalue weighted by molar-refractivity contribution is 0.0500. The van der Waals surface area contributed by atoms with Crippen molar-refractivity contribution in [2.24, 2.45) is 0 Å². The molecule has 7 heteroatoms. The number of ether oxygens (including phenoxy) is 1. The number of esters is 1. The molecule has 0 aliphatic heterocycles. The first-order chi connectivity index (χ1) is 8.29. The molecule has 2 N–H and O–H groups in total. The molecule has 0 fully saturated rings. The third kappa shape index (κ3) is 2.98. The maximum absolute atomic E-state index is 13.9. The van der Waals surface area contributed by atoms with Crippen LogP contribution in [-0.4, -0.2) is 27.2 Å². The van der Waals surface area contributed by atoms with Crippen LogP contribution in [-0.2, 0) is 14.6 Å². The number of nitrogens with two attached hydrogens (primary N) is 1. The molecule has 0 heterocycles. The zero-order valence-electron chi connectivity index (χ0n) is 10.1. The minimum Gasteiger partial charge on any atom is -0.462 e. The van der Waals surface area contributed by atoms with Crippen LogP contribution in [0.1, 0.15) is 23.7 Å². The molecule has 100 valence electrons. The maximum Gasteiger partial charge on any atom is 0.343 e. The summed E-state index contributed by atoms with van der Waals surface area (Å²) in [5.41, 5.74) is 4.78. The van der Waals surface area contributed by atoms with Gasteiger partial charge >= 0.3 is 5.97 Å². The summed E-state index contributed by atoms with van der Waals surface area (Å²) in [5, 5.41) is 0. The minimum absolute atomic E-state index is 0.112. The summed E-state index contributed by atoms with van der Waals surface area (Å²) in [7, 11) is -3.77. The van der Waals surface area contributed by atoms with Crippen LogP contribution in [0.4, 0.5) is 10.1 Å². The average Bonchev–Trinajstić information content (AvgIpc) is 2.24. The summed E-state index contributed by atoms with van der Waals surface area (Å²) < 4.78 is 41.3. The third-order valence-corrected chi connectivity index (χ3v) is 3.29. The second-order valence-corrected chi connectivity index (χ2v) is 5.73. The molecular weight excluding hydrogens is 261 g/mol. The molecule has 0 aromatic heterocycles. The van der Waals surface area contributed by atoms with Crippen LogP contribution in [0, 0.1) is 5.82 Å². The molecule has 0 spiro atoms. The molecule has 1 aromatic carbocycles. The number of sulfone groups is 1. The zero-order valence-corrected chi connectivity index (χ0v) is 10.9. The summed E-state index contributed by atoms with van der Waals surface area (Å²) >= 11 is 0. The average molecular weight is 275 g/mol. The van der Waals surface area contributed by atoms with Crippen molar-refractivity contribution in [1.29, 1.82) is 0 Å². The van der Waals surface area contributed by atoms with Gasteiger partial charge in [0.05, 0.1) is 6.61 Å². The molecule has 0 bridgehead atoms. The number of carbonyl (C=O) groups excluding carboxylic acids is 1. The number of benzene rings is 1. The lowest BCUT2D eigenvalue weighted by atomic mass is 10.1. The maximum atomic E-state index is 13.9. The summed E-state index contributed by atoms with van der Waals surface area (Å²) in [6, 6.07) is 2.19. The van der Waals surface area contributed by atoms with E-state index in [9.17, 15) is 17.6 Å². The number of rotatable bonds is 4. The van der Waals surface area contributed by atoms with E-state index in [2.05, 4.69) is 0 Å². The van der Waals surface area contributed by atoms with Gasteiger partial charge in [-0.1, -0.05) is 6.92 Å². The van der Waals surface area contributed by atoms with Gasteiger partial charge in [-0.15, -0.1) is 0 Å².